The van der Waals surface area contributed by atoms with Crippen LogP contribution in [0.3, 0.4) is 0 Å². The molecule has 0 radical (unpaired) electrons. The number of hydrogen-bond acceptors (Lipinski definition) is 0. The molecule has 2 atom stereocenters. The summed E-state index contributed by atoms with van der Waals surface area (Å²) < 4.78 is 1.21. The van der Waals surface area contributed by atoms with Gasteiger partial charge in [-0.25, -0.2) is 0 Å². The van der Waals surface area contributed by atoms with Crippen molar-refractivity contribution >= 4 is 52.5 Å². The van der Waals surface area contributed by atoms with E-state index in [9.17, 15) is 17.2 Å². The fourth-order valence-corrected chi connectivity index (χ4v) is 50.5. The van der Waals surface area contributed by atoms with E-state index in [-0.39, 0.29) is 7.35 Å². The number of benzene rings is 6. The summed E-state index contributed by atoms with van der Waals surface area (Å²) >= 11 is -5.81. The molecule has 0 bridgehead atoms. The van der Waals surface area contributed by atoms with Crippen LogP contribution in [0.1, 0.15) is 115 Å². The maximum atomic E-state index is 9.44. The molecule has 9 rings (SSSR count). The molecule has 0 spiro atoms. The van der Waals surface area contributed by atoms with Gasteiger partial charge in [0, 0.05) is 0 Å². The van der Waals surface area contributed by atoms with Gasteiger partial charge in [0.25, 0.3) is 0 Å². The average Bonchev–Trinajstić information content (AvgIpc) is 3.95. The third kappa shape index (κ3) is 6.44. The van der Waals surface area contributed by atoms with Crippen molar-refractivity contribution < 1.29 is 16.1 Å². The standard InChI is InChI=1S/2C22H25.C12H9Si.2ClH.Hf/c2*1-5-6-8-18-13-19-9-7-10-21(22(19)14-18)20-12-11-15(2)16(3)17(20)4;1-3-7-11-9(5-1)10-6-2-4-8-12(10)13-11;;;/h2*7,9-14H,5-6,8H2,1-4H3;1-7H,13H2;2*1H;/q;;;;;+2/p-2. The number of halogens is 2. The fourth-order valence-electron chi connectivity index (χ4n) is 11.4. The first-order valence-corrected chi connectivity index (χ1v) is 38.7. The molecule has 0 saturated carbocycles. The van der Waals surface area contributed by atoms with Gasteiger partial charge >= 0.3 is 373 Å². The van der Waals surface area contributed by atoms with E-state index in [0.717, 1.165) is 38.5 Å². The van der Waals surface area contributed by atoms with Crippen LogP contribution < -0.4 is 13.7 Å². The maximum absolute atomic E-state index is 9.44. The van der Waals surface area contributed by atoms with Gasteiger partial charge in [0.15, 0.2) is 0 Å². The summed E-state index contributed by atoms with van der Waals surface area (Å²) in [6, 6.07) is 39.6. The van der Waals surface area contributed by atoms with E-state index in [4.69, 9.17) is 0 Å². The molecule has 4 heteroatoms. The summed E-state index contributed by atoms with van der Waals surface area (Å²) in [4.78, 5) is 0. The molecule has 1 aliphatic heterocycles. The van der Waals surface area contributed by atoms with Gasteiger partial charge < -0.3 is 0 Å². The Kier molecular flexibility index (Phi) is 11.1. The Labute approximate surface area is 370 Å². The number of rotatable bonds is 11. The number of aryl methyl sites for hydroxylation is 2. The molecule has 1 heterocycles. The molecule has 0 N–H and O–H groups in total. The summed E-state index contributed by atoms with van der Waals surface area (Å²) in [5, 5.41) is 3.00. The van der Waals surface area contributed by atoms with Gasteiger partial charge in [-0.3, -0.25) is 0 Å². The number of unbranched alkanes of at least 4 members (excludes halogenated alkanes) is 2. The zero-order chi connectivity index (χ0) is 42.1. The molecule has 0 amide bonds. The van der Waals surface area contributed by atoms with Crippen LogP contribution in [-0.2, 0) is 16.1 Å². The van der Waals surface area contributed by atoms with Crippen molar-refractivity contribution in [3.63, 3.8) is 0 Å². The van der Waals surface area contributed by atoms with E-state index in [2.05, 4.69) is 171 Å². The van der Waals surface area contributed by atoms with Crippen molar-refractivity contribution in [1.29, 1.82) is 0 Å². The van der Waals surface area contributed by atoms with Crippen molar-refractivity contribution in [3.05, 3.63) is 170 Å². The molecule has 0 nitrogen and oxygen atoms in total. The molecule has 0 saturated heterocycles. The number of fused-ring (bicyclic) bond motifs is 5. The van der Waals surface area contributed by atoms with E-state index in [0.29, 0.717) is 0 Å². The van der Waals surface area contributed by atoms with Crippen LogP contribution >= 0.6 is 17.2 Å². The van der Waals surface area contributed by atoms with Crippen LogP contribution in [0.15, 0.2) is 114 Å². The monoisotopic (exact) mass is 1010 g/mol. The molecular formula is C56H59Cl2HfSi. The van der Waals surface area contributed by atoms with Gasteiger partial charge in [-0.1, -0.05) is 0 Å². The Morgan fingerprint density at radius 1 is 0.483 bits per heavy atom. The van der Waals surface area contributed by atoms with E-state index in [1.165, 1.54) is 114 Å². The summed E-state index contributed by atoms with van der Waals surface area (Å²) in [7, 11) is 18.0. The van der Waals surface area contributed by atoms with E-state index in [1.54, 1.807) is 0 Å². The third-order valence-electron chi connectivity index (χ3n) is 15.1. The average molecular weight is 1010 g/mol. The van der Waals surface area contributed by atoms with Crippen LogP contribution in [-0.4, -0.2) is 9.52 Å². The first-order valence-electron chi connectivity index (χ1n) is 22.5. The Hall–Kier alpha value is -3.53. The van der Waals surface area contributed by atoms with E-state index >= 15 is 0 Å². The SMILES string of the molecule is CCCCC1=Cc2c(-c3ccc(C)c(C)c3C)cccc2[CH]1[Hf]([Cl])([Cl])([c]1cccc2c1[SiH2]c1ccccc1-2)[CH]1C(CCCC)=Cc2c(-c3ccc(C)c(C)c3C)cccc21. The van der Waals surface area contributed by atoms with Gasteiger partial charge in [0.05, 0.1) is 0 Å². The van der Waals surface area contributed by atoms with Gasteiger partial charge in [0.1, 0.15) is 0 Å². The fraction of sp³-hybridized carbons (Fsp3) is 0.286. The first kappa shape index (κ1) is 41.8. The summed E-state index contributed by atoms with van der Waals surface area (Å²) in [5.41, 5.74) is 24.3. The molecule has 60 heavy (non-hydrogen) atoms. The zero-order valence-corrected chi connectivity index (χ0v) is 43.3. The van der Waals surface area contributed by atoms with Crippen molar-refractivity contribution in [2.75, 3.05) is 0 Å². The van der Waals surface area contributed by atoms with Gasteiger partial charge in [-0.2, -0.15) is 0 Å². The molecule has 0 fully saturated rings. The number of allylic oxidation sites excluding steroid dienone is 2. The topological polar surface area (TPSA) is 0 Å². The van der Waals surface area contributed by atoms with Gasteiger partial charge in [0.2, 0.25) is 0 Å². The van der Waals surface area contributed by atoms with Crippen molar-refractivity contribution in [1.82, 2.24) is 0 Å². The Morgan fingerprint density at radius 3 is 1.47 bits per heavy atom. The van der Waals surface area contributed by atoms with Crippen LogP contribution in [0.2, 0.25) is 0 Å². The molecule has 6 aromatic carbocycles. The van der Waals surface area contributed by atoms with Crippen LogP contribution in [0, 0.1) is 41.5 Å². The quantitative estimate of drug-likeness (QED) is 0.113. The van der Waals surface area contributed by atoms with Crippen molar-refractivity contribution in [2.45, 2.75) is 101 Å². The molecule has 2 aliphatic carbocycles. The second-order valence-electron chi connectivity index (χ2n) is 18.3. The molecule has 3 aliphatic rings. The number of hydrogen-bond donors (Lipinski definition) is 0. The Balaban J connectivity index is 1.37. The molecular weight excluding hydrogens is 950 g/mol. The zero-order valence-electron chi connectivity index (χ0n) is 36.8. The summed E-state index contributed by atoms with van der Waals surface area (Å²) in [6.07, 6.45) is 11.6. The minimum atomic E-state index is -5.81. The molecule has 305 valence electrons. The molecule has 6 aromatic rings. The van der Waals surface area contributed by atoms with Crippen molar-refractivity contribution in [3.8, 4) is 33.4 Å². The summed E-state index contributed by atoms with van der Waals surface area (Å²) in [5.74, 6) is 0. The molecule has 2 unspecified atom stereocenters. The normalized spacial score (nSPS) is 17.5. The second kappa shape index (κ2) is 16.0. The van der Waals surface area contributed by atoms with Crippen molar-refractivity contribution in [2.24, 2.45) is 0 Å². The van der Waals surface area contributed by atoms with E-state index in [1.807, 2.05) is 0 Å². The molecule has 0 aromatic heterocycles. The van der Waals surface area contributed by atoms with Crippen LogP contribution in [0.25, 0.3) is 45.5 Å². The van der Waals surface area contributed by atoms with Crippen LogP contribution in [0.5, 0.6) is 0 Å². The predicted octanol–water partition coefficient (Wildman–Crippen LogP) is 14.3. The third-order valence-corrected chi connectivity index (χ3v) is 46.8. The first-order chi connectivity index (χ1) is 28.9. The van der Waals surface area contributed by atoms with E-state index < -0.39 is 25.7 Å². The van der Waals surface area contributed by atoms with Gasteiger partial charge in [-0.05, 0) is 0 Å². The predicted molar refractivity (Wildman–Crippen MR) is 264 cm³/mol. The second-order valence-corrected chi connectivity index (χ2v) is 49.4. The minimum absolute atomic E-state index is 0.0594. The Bertz CT molecular complexity index is 2650. The summed E-state index contributed by atoms with van der Waals surface area (Å²) in [6.45, 7) is 18.2. The van der Waals surface area contributed by atoms with Crippen LogP contribution in [0.4, 0.5) is 0 Å². The Morgan fingerprint density at radius 2 is 0.950 bits per heavy atom. The van der Waals surface area contributed by atoms with Gasteiger partial charge in [-0.15, -0.1) is 0 Å².